The Morgan fingerprint density at radius 3 is 3.00 bits per heavy atom. The van der Waals surface area contributed by atoms with Gasteiger partial charge in [0.25, 0.3) is 0 Å². The molecule has 0 aliphatic rings. The van der Waals surface area contributed by atoms with Gasteiger partial charge in [-0.3, -0.25) is 5.10 Å². The van der Waals surface area contributed by atoms with Crippen LogP contribution in [0.2, 0.25) is 0 Å². The first-order chi connectivity index (χ1) is 7.74. The van der Waals surface area contributed by atoms with E-state index in [1.54, 1.807) is 11.3 Å². The quantitative estimate of drug-likeness (QED) is 0.850. The Morgan fingerprint density at radius 2 is 2.38 bits per heavy atom. The number of nitrogens with zero attached hydrogens (tertiary/aromatic N) is 1. The molecule has 0 saturated carbocycles. The Bertz CT molecular complexity index is 445. The van der Waals surface area contributed by atoms with E-state index in [1.165, 1.54) is 17.0 Å². The summed E-state index contributed by atoms with van der Waals surface area (Å²) < 4.78 is 0. The van der Waals surface area contributed by atoms with Gasteiger partial charge in [-0.15, -0.1) is 11.3 Å². The molecular weight excluding hydrogens is 218 g/mol. The summed E-state index contributed by atoms with van der Waals surface area (Å²) in [7, 11) is 0. The van der Waals surface area contributed by atoms with Crippen LogP contribution in [0.4, 0.5) is 5.82 Å². The van der Waals surface area contributed by atoms with E-state index in [0.717, 1.165) is 12.0 Å². The summed E-state index contributed by atoms with van der Waals surface area (Å²) in [6.45, 7) is 4.41. The van der Waals surface area contributed by atoms with Crippen molar-refractivity contribution < 1.29 is 0 Å². The predicted molar refractivity (Wildman–Crippen MR) is 69.6 cm³/mol. The molecule has 0 aliphatic heterocycles. The first-order valence-electron chi connectivity index (χ1n) is 5.61. The normalized spacial score (nSPS) is 12.9. The van der Waals surface area contributed by atoms with Crippen LogP contribution in [-0.2, 0) is 0 Å². The number of aromatic nitrogens is 2. The number of anilines is 1. The van der Waals surface area contributed by atoms with E-state index >= 15 is 0 Å². The molecule has 2 aromatic heterocycles. The number of nitrogens with two attached hydrogens (primary N) is 1. The highest BCUT2D eigenvalue weighted by Crippen LogP contribution is 2.36. The van der Waals surface area contributed by atoms with E-state index in [-0.39, 0.29) is 0 Å². The van der Waals surface area contributed by atoms with Crippen molar-refractivity contribution in [3.05, 3.63) is 23.2 Å². The highest BCUT2D eigenvalue weighted by Gasteiger charge is 2.18. The van der Waals surface area contributed by atoms with E-state index in [0.29, 0.717) is 11.7 Å². The van der Waals surface area contributed by atoms with E-state index in [4.69, 9.17) is 5.73 Å². The molecule has 2 heterocycles. The second-order valence-corrected chi connectivity index (χ2v) is 5.01. The van der Waals surface area contributed by atoms with Gasteiger partial charge in [-0.1, -0.05) is 26.3 Å². The summed E-state index contributed by atoms with van der Waals surface area (Å²) >= 11 is 1.70. The van der Waals surface area contributed by atoms with Crippen molar-refractivity contribution in [2.45, 2.75) is 32.6 Å². The molecule has 16 heavy (non-hydrogen) atoms. The minimum atomic E-state index is 0.479. The third kappa shape index (κ3) is 1.97. The standard InChI is InChI=1S/C12H17N3S/c1-3-5-8(2)11-10(12(13)15-14-11)9-6-4-7-16-9/h4,6-8H,3,5H2,1-2H3,(H3,13,14,15). The monoisotopic (exact) mass is 235 g/mol. The third-order valence-electron chi connectivity index (χ3n) is 2.80. The molecule has 1 unspecified atom stereocenters. The minimum Gasteiger partial charge on any atom is -0.382 e. The summed E-state index contributed by atoms with van der Waals surface area (Å²) in [6.07, 6.45) is 2.32. The van der Waals surface area contributed by atoms with Crippen molar-refractivity contribution in [1.29, 1.82) is 0 Å². The summed E-state index contributed by atoms with van der Waals surface area (Å²) in [5.41, 5.74) is 8.19. The van der Waals surface area contributed by atoms with Gasteiger partial charge in [-0.25, -0.2) is 0 Å². The van der Waals surface area contributed by atoms with Gasteiger partial charge in [0.2, 0.25) is 0 Å². The van der Waals surface area contributed by atoms with Crippen molar-refractivity contribution in [1.82, 2.24) is 10.2 Å². The van der Waals surface area contributed by atoms with Crippen LogP contribution in [-0.4, -0.2) is 10.2 Å². The number of H-pyrrole nitrogens is 1. The van der Waals surface area contributed by atoms with Gasteiger partial charge in [0.15, 0.2) is 5.82 Å². The number of nitrogen functional groups attached to an aromatic ring is 1. The molecule has 2 rings (SSSR count). The molecule has 86 valence electrons. The Labute approximate surface area is 99.7 Å². The van der Waals surface area contributed by atoms with Crippen LogP contribution in [0.25, 0.3) is 10.4 Å². The number of aromatic amines is 1. The SMILES string of the molecule is CCCC(C)c1[nH]nc(N)c1-c1cccs1. The molecule has 0 bridgehead atoms. The number of hydrogen-bond acceptors (Lipinski definition) is 3. The molecule has 0 saturated heterocycles. The van der Waals surface area contributed by atoms with Crippen molar-refractivity contribution >= 4 is 17.2 Å². The molecule has 0 aromatic carbocycles. The van der Waals surface area contributed by atoms with E-state index in [2.05, 4.69) is 35.5 Å². The summed E-state index contributed by atoms with van der Waals surface area (Å²) in [5.74, 6) is 1.09. The van der Waals surface area contributed by atoms with Crippen LogP contribution >= 0.6 is 11.3 Å². The molecule has 0 radical (unpaired) electrons. The van der Waals surface area contributed by atoms with Crippen LogP contribution in [0.3, 0.4) is 0 Å². The second-order valence-electron chi connectivity index (χ2n) is 4.06. The van der Waals surface area contributed by atoms with E-state index in [9.17, 15) is 0 Å². The van der Waals surface area contributed by atoms with Gasteiger partial charge in [-0.05, 0) is 23.8 Å². The summed E-state index contributed by atoms with van der Waals surface area (Å²) in [4.78, 5) is 1.20. The zero-order chi connectivity index (χ0) is 11.5. The topological polar surface area (TPSA) is 54.7 Å². The van der Waals surface area contributed by atoms with E-state index < -0.39 is 0 Å². The zero-order valence-corrected chi connectivity index (χ0v) is 10.5. The molecule has 3 nitrogen and oxygen atoms in total. The average Bonchev–Trinajstić information content (AvgIpc) is 2.86. The minimum absolute atomic E-state index is 0.479. The maximum absolute atomic E-state index is 5.93. The molecule has 0 fully saturated rings. The Balaban J connectivity index is 2.40. The van der Waals surface area contributed by atoms with Gasteiger partial charge in [-0.2, -0.15) is 5.10 Å². The predicted octanol–water partition coefficient (Wildman–Crippen LogP) is 3.62. The Hall–Kier alpha value is -1.29. The molecule has 0 spiro atoms. The van der Waals surface area contributed by atoms with Crippen LogP contribution < -0.4 is 5.73 Å². The molecular formula is C12H17N3S. The molecule has 1 atom stereocenters. The van der Waals surface area contributed by atoms with Gasteiger partial charge in [0.05, 0.1) is 5.56 Å². The van der Waals surface area contributed by atoms with Crippen molar-refractivity contribution in [3.63, 3.8) is 0 Å². The number of nitrogens with one attached hydrogen (secondary N) is 1. The molecule has 2 aromatic rings. The maximum atomic E-state index is 5.93. The van der Waals surface area contributed by atoms with Crippen molar-refractivity contribution in [2.75, 3.05) is 5.73 Å². The number of hydrogen-bond donors (Lipinski definition) is 2. The lowest BCUT2D eigenvalue weighted by Crippen LogP contribution is -1.96. The Morgan fingerprint density at radius 1 is 1.56 bits per heavy atom. The maximum Gasteiger partial charge on any atom is 0.154 e. The lowest BCUT2D eigenvalue weighted by Gasteiger charge is -2.09. The molecule has 3 N–H and O–H groups in total. The fourth-order valence-corrected chi connectivity index (χ4v) is 2.78. The van der Waals surface area contributed by atoms with Crippen LogP contribution in [0, 0.1) is 0 Å². The lowest BCUT2D eigenvalue weighted by molar-refractivity contribution is 0.646. The average molecular weight is 235 g/mol. The first kappa shape index (κ1) is 11.2. The van der Waals surface area contributed by atoms with Crippen LogP contribution in [0.1, 0.15) is 38.3 Å². The summed E-state index contributed by atoms with van der Waals surface area (Å²) in [6, 6.07) is 4.13. The lowest BCUT2D eigenvalue weighted by atomic mass is 9.98. The van der Waals surface area contributed by atoms with Crippen molar-refractivity contribution in [2.24, 2.45) is 0 Å². The van der Waals surface area contributed by atoms with Gasteiger partial charge < -0.3 is 5.73 Å². The highest BCUT2D eigenvalue weighted by molar-refractivity contribution is 7.13. The van der Waals surface area contributed by atoms with Crippen LogP contribution in [0.15, 0.2) is 17.5 Å². The summed E-state index contributed by atoms with van der Waals surface area (Å²) in [5, 5.41) is 9.28. The fraction of sp³-hybridized carbons (Fsp3) is 0.417. The second kappa shape index (κ2) is 4.70. The van der Waals surface area contributed by atoms with Crippen LogP contribution in [0.5, 0.6) is 0 Å². The smallest absolute Gasteiger partial charge is 0.154 e. The fourth-order valence-electron chi connectivity index (χ4n) is 1.98. The van der Waals surface area contributed by atoms with Gasteiger partial charge >= 0.3 is 0 Å². The van der Waals surface area contributed by atoms with E-state index in [1.807, 2.05) is 6.07 Å². The highest BCUT2D eigenvalue weighted by atomic mass is 32.1. The van der Waals surface area contributed by atoms with Gasteiger partial charge in [0, 0.05) is 10.6 Å². The molecule has 0 amide bonds. The number of rotatable bonds is 4. The molecule has 0 aliphatic carbocycles. The largest absolute Gasteiger partial charge is 0.382 e. The van der Waals surface area contributed by atoms with Crippen molar-refractivity contribution in [3.8, 4) is 10.4 Å². The van der Waals surface area contributed by atoms with Gasteiger partial charge in [0.1, 0.15) is 0 Å². The zero-order valence-electron chi connectivity index (χ0n) is 9.66. The first-order valence-corrected chi connectivity index (χ1v) is 6.49. The Kier molecular flexibility index (Phi) is 3.29. The molecule has 4 heteroatoms. The number of thiophene rings is 1. The third-order valence-corrected chi connectivity index (χ3v) is 3.69.